The van der Waals surface area contributed by atoms with Gasteiger partial charge < -0.3 is 5.32 Å². The number of anilines is 2. The van der Waals surface area contributed by atoms with Gasteiger partial charge in [0.05, 0.1) is 0 Å². The minimum atomic E-state index is -3.61. The Balaban J connectivity index is 1.86. The van der Waals surface area contributed by atoms with Crippen molar-refractivity contribution in [2.45, 2.75) is 5.92 Å². The van der Waals surface area contributed by atoms with Gasteiger partial charge in [0.1, 0.15) is 11.5 Å². The Morgan fingerprint density at radius 2 is 1.73 bits per heavy atom. The van der Waals surface area contributed by atoms with Gasteiger partial charge in [-0.05, 0) is 36.4 Å². The van der Waals surface area contributed by atoms with Crippen LogP contribution in [0.4, 0.5) is 29.3 Å². The monoisotopic (exact) mass is 362 g/mol. The second kappa shape index (κ2) is 5.83. The lowest BCUT2D eigenvalue weighted by Crippen LogP contribution is -2.21. The van der Waals surface area contributed by atoms with Crippen LogP contribution in [0.1, 0.15) is 11.4 Å². The lowest BCUT2D eigenvalue weighted by molar-refractivity contribution is 0.0329. The van der Waals surface area contributed by atoms with Crippen molar-refractivity contribution >= 4 is 17.4 Å². The normalized spacial score (nSPS) is 11.8. The van der Waals surface area contributed by atoms with E-state index in [0.29, 0.717) is 0 Å². The average molecular weight is 362 g/mol. The van der Waals surface area contributed by atoms with Gasteiger partial charge in [-0.2, -0.15) is 23.3 Å². The summed E-state index contributed by atoms with van der Waals surface area (Å²) in [5.74, 6) is -5.80. The van der Waals surface area contributed by atoms with E-state index in [4.69, 9.17) is 0 Å². The minimum Gasteiger partial charge on any atom is -0.308 e. The van der Waals surface area contributed by atoms with Crippen molar-refractivity contribution in [3.8, 4) is 0 Å². The molecule has 3 aromatic heterocycles. The molecule has 26 heavy (non-hydrogen) atoms. The molecule has 10 heteroatoms. The second-order valence-corrected chi connectivity index (χ2v) is 5.39. The van der Waals surface area contributed by atoms with E-state index in [1.807, 2.05) is 0 Å². The number of nitrogens with one attached hydrogen (secondary N) is 2. The summed E-state index contributed by atoms with van der Waals surface area (Å²) >= 11 is 0. The van der Waals surface area contributed by atoms with Crippen molar-refractivity contribution in [2.24, 2.45) is 0 Å². The van der Waals surface area contributed by atoms with E-state index in [0.717, 1.165) is 34.7 Å². The van der Waals surface area contributed by atoms with Gasteiger partial charge in [-0.25, -0.2) is 13.8 Å². The molecule has 6 nitrogen and oxygen atoms in total. The quantitative estimate of drug-likeness (QED) is 0.544. The topological polar surface area (TPSA) is 70.9 Å². The van der Waals surface area contributed by atoms with Gasteiger partial charge in [-0.3, -0.25) is 5.10 Å². The lowest BCUT2D eigenvalue weighted by atomic mass is 10.1. The number of alkyl halides is 2. The number of nitrogens with zero attached hydrogens (tertiary/aromatic N) is 4. The molecule has 4 rings (SSSR count). The molecule has 0 amide bonds. The zero-order valence-electron chi connectivity index (χ0n) is 12.9. The first kappa shape index (κ1) is 16.1. The van der Waals surface area contributed by atoms with Crippen LogP contribution in [0.15, 0.2) is 48.7 Å². The minimum absolute atomic E-state index is 0.0627. The van der Waals surface area contributed by atoms with Crippen molar-refractivity contribution in [3.63, 3.8) is 0 Å². The average Bonchev–Trinajstić information content (AvgIpc) is 3.25. The van der Waals surface area contributed by atoms with E-state index >= 15 is 0 Å². The fraction of sp³-hybridized carbons (Fsp3) is 0.0625. The molecule has 3 heterocycles. The van der Waals surface area contributed by atoms with Crippen molar-refractivity contribution in [3.05, 3.63) is 71.8 Å². The standard InChI is InChI=1S/C16H10F4N6/c17-10-3-1-9(2-4-10)16(19,20)14-23-13-6-5-11(18)26(13)15(24-14)22-12-7-8-21-25-12/h1-8H,(H2,21,22,23,24,25). The van der Waals surface area contributed by atoms with Crippen LogP contribution >= 0.6 is 0 Å². The molecule has 0 aliphatic heterocycles. The first-order chi connectivity index (χ1) is 12.4. The summed E-state index contributed by atoms with van der Waals surface area (Å²) in [5, 5.41) is 9.03. The molecule has 2 N–H and O–H groups in total. The second-order valence-electron chi connectivity index (χ2n) is 5.39. The SMILES string of the molecule is Fc1ccc(C(F)(F)c2nc(Nc3cc[nH]n3)n3c(F)ccc3n2)cc1. The van der Waals surface area contributed by atoms with Crippen LogP contribution in [0.2, 0.25) is 0 Å². The van der Waals surface area contributed by atoms with Gasteiger partial charge in [0.2, 0.25) is 17.7 Å². The Labute approximate surface area is 143 Å². The van der Waals surface area contributed by atoms with Crippen molar-refractivity contribution < 1.29 is 17.6 Å². The van der Waals surface area contributed by atoms with Crippen LogP contribution in [-0.2, 0) is 5.92 Å². The number of benzene rings is 1. The Hall–Kier alpha value is -3.43. The van der Waals surface area contributed by atoms with Crippen LogP contribution in [0, 0.1) is 11.8 Å². The van der Waals surface area contributed by atoms with Crippen LogP contribution in [-0.4, -0.2) is 24.6 Å². The molecular formula is C16H10F4N6. The highest BCUT2D eigenvalue weighted by Gasteiger charge is 2.38. The number of aromatic amines is 1. The fourth-order valence-electron chi connectivity index (χ4n) is 2.44. The van der Waals surface area contributed by atoms with Crippen molar-refractivity contribution in [1.82, 2.24) is 24.6 Å². The smallest absolute Gasteiger partial charge is 0.308 e. The van der Waals surface area contributed by atoms with E-state index in [9.17, 15) is 17.6 Å². The predicted octanol–water partition coefficient (Wildman–Crippen LogP) is 3.61. The highest BCUT2D eigenvalue weighted by Crippen LogP contribution is 2.34. The summed E-state index contributed by atoms with van der Waals surface area (Å²) < 4.78 is 57.6. The summed E-state index contributed by atoms with van der Waals surface area (Å²) in [5.41, 5.74) is -0.548. The summed E-state index contributed by atoms with van der Waals surface area (Å²) in [6.45, 7) is 0. The summed E-state index contributed by atoms with van der Waals surface area (Å²) in [6.07, 6.45) is 1.50. The van der Waals surface area contributed by atoms with Crippen molar-refractivity contribution in [1.29, 1.82) is 0 Å². The van der Waals surface area contributed by atoms with E-state index in [1.165, 1.54) is 18.3 Å². The van der Waals surface area contributed by atoms with Gasteiger partial charge in [-0.15, -0.1) is 0 Å². The number of rotatable bonds is 4. The number of H-pyrrole nitrogens is 1. The van der Waals surface area contributed by atoms with Crippen LogP contribution in [0.5, 0.6) is 0 Å². The van der Waals surface area contributed by atoms with E-state index in [-0.39, 0.29) is 17.4 Å². The van der Waals surface area contributed by atoms with E-state index in [1.54, 1.807) is 0 Å². The third kappa shape index (κ3) is 2.65. The number of hydrogen-bond donors (Lipinski definition) is 2. The molecule has 0 bridgehead atoms. The number of halogens is 4. The maximum atomic E-state index is 14.8. The first-order valence-corrected chi connectivity index (χ1v) is 7.41. The molecule has 1 aromatic carbocycles. The highest BCUT2D eigenvalue weighted by atomic mass is 19.3. The van der Waals surface area contributed by atoms with Crippen LogP contribution in [0.25, 0.3) is 5.65 Å². The Bertz CT molecular complexity index is 1060. The third-order valence-electron chi connectivity index (χ3n) is 3.68. The van der Waals surface area contributed by atoms with E-state index < -0.39 is 29.1 Å². The maximum Gasteiger partial charge on any atom is 0.331 e. The predicted molar refractivity (Wildman–Crippen MR) is 84.2 cm³/mol. The van der Waals surface area contributed by atoms with Gasteiger partial charge in [0, 0.05) is 17.8 Å². The molecule has 0 aliphatic rings. The van der Waals surface area contributed by atoms with E-state index in [2.05, 4.69) is 25.5 Å². The van der Waals surface area contributed by atoms with Crippen LogP contribution in [0.3, 0.4) is 0 Å². The summed E-state index contributed by atoms with van der Waals surface area (Å²) in [6, 6.07) is 7.58. The number of hydrogen-bond acceptors (Lipinski definition) is 4. The molecule has 0 atom stereocenters. The molecule has 0 saturated carbocycles. The molecular weight excluding hydrogens is 352 g/mol. The van der Waals surface area contributed by atoms with Gasteiger partial charge in [-0.1, -0.05) is 0 Å². The summed E-state index contributed by atoms with van der Waals surface area (Å²) in [7, 11) is 0. The Morgan fingerprint density at radius 3 is 2.42 bits per heavy atom. The van der Waals surface area contributed by atoms with Gasteiger partial charge in [0.15, 0.2) is 5.82 Å². The molecule has 0 spiro atoms. The molecule has 0 unspecified atom stereocenters. The summed E-state index contributed by atoms with van der Waals surface area (Å²) in [4.78, 5) is 7.54. The Morgan fingerprint density at radius 1 is 0.962 bits per heavy atom. The van der Waals surface area contributed by atoms with Gasteiger partial charge >= 0.3 is 5.92 Å². The number of aromatic nitrogens is 5. The fourth-order valence-corrected chi connectivity index (χ4v) is 2.44. The molecule has 0 fully saturated rings. The number of fused-ring (bicyclic) bond motifs is 1. The Kier molecular flexibility index (Phi) is 3.60. The highest BCUT2D eigenvalue weighted by molar-refractivity contribution is 5.54. The maximum absolute atomic E-state index is 14.8. The molecule has 0 aliphatic carbocycles. The zero-order valence-corrected chi connectivity index (χ0v) is 12.9. The van der Waals surface area contributed by atoms with Crippen LogP contribution < -0.4 is 5.32 Å². The first-order valence-electron chi connectivity index (χ1n) is 7.41. The molecule has 4 aromatic rings. The molecule has 0 saturated heterocycles. The molecule has 0 radical (unpaired) electrons. The lowest BCUT2D eigenvalue weighted by Gasteiger charge is -2.17. The van der Waals surface area contributed by atoms with Gasteiger partial charge in [0.25, 0.3) is 0 Å². The largest absolute Gasteiger partial charge is 0.331 e. The van der Waals surface area contributed by atoms with Crippen molar-refractivity contribution in [2.75, 3.05) is 5.32 Å². The zero-order chi connectivity index (χ0) is 18.3. The third-order valence-corrected chi connectivity index (χ3v) is 3.68. The molecule has 132 valence electrons.